The zero-order chi connectivity index (χ0) is 9.62. The van der Waals surface area contributed by atoms with Crippen molar-refractivity contribution < 1.29 is 20.1 Å². The molecule has 0 saturated carbocycles. The first-order chi connectivity index (χ1) is 5.21. The summed E-state index contributed by atoms with van der Waals surface area (Å²) in [6.07, 6.45) is 0.261. The van der Waals surface area contributed by atoms with Crippen LogP contribution in [0.25, 0.3) is 0 Å². The molecule has 1 saturated heterocycles. The molecule has 0 aromatic rings. The maximum absolute atomic E-state index is 9.61. The third-order valence-corrected chi connectivity index (χ3v) is 2.37. The second-order valence-corrected chi connectivity index (χ2v) is 4.31. The molecule has 72 valence electrons. The van der Waals surface area contributed by atoms with Crippen molar-refractivity contribution in [1.82, 2.24) is 0 Å². The summed E-state index contributed by atoms with van der Waals surface area (Å²) < 4.78 is 4.77. The Hall–Kier alpha value is -0.160. The molecule has 0 aromatic heterocycles. The average molecular weight is 176 g/mol. The molecule has 0 radical (unpaired) electrons. The summed E-state index contributed by atoms with van der Waals surface area (Å²) in [6.45, 7) is 5.27. The van der Waals surface area contributed by atoms with Crippen molar-refractivity contribution in [1.29, 1.82) is 0 Å². The van der Waals surface area contributed by atoms with Crippen LogP contribution in [-0.4, -0.2) is 33.5 Å². The fourth-order valence-corrected chi connectivity index (χ4v) is 1.16. The van der Waals surface area contributed by atoms with Gasteiger partial charge < -0.3 is 20.1 Å². The topological polar surface area (TPSA) is 69.9 Å². The van der Waals surface area contributed by atoms with Gasteiger partial charge in [0.05, 0.1) is 6.61 Å². The van der Waals surface area contributed by atoms with Gasteiger partial charge in [-0.05, 0) is 0 Å². The van der Waals surface area contributed by atoms with Crippen LogP contribution in [-0.2, 0) is 4.74 Å². The zero-order valence-corrected chi connectivity index (χ0v) is 7.66. The minimum Gasteiger partial charge on any atom is -0.361 e. The molecule has 4 nitrogen and oxygen atoms in total. The van der Waals surface area contributed by atoms with Gasteiger partial charge in [0.1, 0.15) is 0 Å². The van der Waals surface area contributed by atoms with Crippen LogP contribution in [0.5, 0.6) is 0 Å². The van der Waals surface area contributed by atoms with Gasteiger partial charge in [0.15, 0.2) is 0 Å². The fourth-order valence-electron chi connectivity index (χ4n) is 1.16. The van der Waals surface area contributed by atoms with E-state index in [4.69, 9.17) is 4.74 Å². The number of hydrogen-bond acceptors (Lipinski definition) is 4. The molecular weight excluding hydrogens is 160 g/mol. The van der Waals surface area contributed by atoms with Crippen molar-refractivity contribution in [3.63, 3.8) is 0 Å². The predicted molar refractivity (Wildman–Crippen MR) is 42.1 cm³/mol. The highest BCUT2D eigenvalue weighted by Crippen LogP contribution is 2.43. The largest absolute Gasteiger partial charge is 0.361 e. The number of ether oxygens (including phenoxy) is 1. The first-order valence-corrected chi connectivity index (χ1v) is 4.02. The minimum atomic E-state index is -2.20. The molecule has 1 rings (SSSR count). The lowest BCUT2D eigenvalue weighted by molar-refractivity contribution is -0.442. The maximum Gasteiger partial charge on any atom is 0.223 e. The van der Waals surface area contributed by atoms with Crippen LogP contribution < -0.4 is 0 Å². The summed E-state index contributed by atoms with van der Waals surface area (Å²) in [5, 5.41) is 28.8. The molecule has 0 amide bonds. The molecule has 4 heteroatoms. The Bertz CT molecular complexity index is 176. The second kappa shape index (κ2) is 2.42. The molecule has 0 bridgehead atoms. The Morgan fingerprint density at radius 1 is 1.25 bits per heavy atom. The second-order valence-electron chi connectivity index (χ2n) is 4.31. The highest BCUT2D eigenvalue weighted by Gasteiger charge is 2.60. The van der Waals surface area contributed by atoms with Gasteiger partial charge in [0.2, 0.25) is 11.6 Å². The van der Waals surface area contributed by atoms with Gasteiger partial charge in [-0.2, -0.15) is 0 Å². The van der Waals surface area contributed by atoms with E-state index in [-0.39, 0.29) is 6.42 Å². The molecular formula is C8H16O4. The third kappa shape index (κ3) is 1.15. The lowest BCUT2D eigenvalue weighted by atomic mass is 9.77. The van der Waals surface area contributed by atoms with Crippen LogP contribution in [0.15, 0.2) is 0 Å². The molecule has 1 aliphatic heterocycles. The van der Waals surface area contributed by atoms with Crippen LogP contribution in [0.1, 0.15) is 27.2 Å². The van der Waals surface area contributed by atoms with E-state index in [1.54, 1.807) is 20.8 Å². The van der Waals surface area contributed by atoms with Crippen LogP contribution in [0.4, 0.5) is 0 Å². The average Bonchev–Trinajstić information content (AvgIpc) is 1.79. The summed E-state index contributed by atoms with van der Waals surface area (Å²) in [6, 6.07) is 0. The predicted octanol–water partition coefficient (Wildman–Crippen LogP) is -0.178. The Morgan fingerprint density at radius 2 is 1.67 bits per heavy atom. The van der Waals surface area contributed by atoms with Gasteiger partial charge in [-0.25, -0.2) is 0 Å². The maximum atomic E-state index is 9.61. The van der Waals surface area contributed by atoms with Crippen LogP contribution in [0.2, 0.25) is 0 Å². The molecule has 12 heavy (non-hydrogen) atoms. The highest BCUT2D eigenvalue weighted by atomic mass is 16.7. The van der Waals surface area contributed by atoms with Crippen molar-refractivity contribution in [3.8, 4) is 0 Å². The van der Waals surface area contributed by atoms with E-state index in [0.29, 0.717) is 6.61 Å². The molecule has 0 aromatic carbocycles. The molecule has 1 aliphatic rings. The lowest BCUT2D eigenvalue weighted by Crippen LogP contribution is -2.67. The quantitative estimate of drug-likeness (QED) is 0.485. The van der Waals surface area contributed by atoms with Crippen LogP contribution in [0, 0.1) is 5.41 Å². The molecule has 1 unspecified atom stereocenters. The SMILES string of the molecule is CC(C)(C)C(O)(O)C1(O)CCO1. The molecule has 1 fully saturated rings. The molecule has 0 aliphatic carbocycles. The van der Waals surface area contributed by atoms with Crippen LogP contribution >= 0.6 is 0 Å². The summed E-state index contributed by atoms with van der Waals surface area (Å²) >= 11 is 0. The summed E-state index contributed by atoms with van der Waals surface area (Å²) in [7, 11) is 0. The normalized spacial score (nSPS) is 31.5. The van der Waals surface area contributed by atoms with Gasteiger partial charge in [0, 0.05) is 11.8 Å². The van der Waals surface area contributed by atoms with E-state index >= 15 is 0 Å². The van der Waals surface area contributed by atoms with Gasteiger partial charge in [-0.1, -0.05) is 20.8 Å². The van der Waals surface area contributed by atoms with E-state index in [0.717, 1.165) is 0 Å². The highest BCUT2D eigenvalue weighted by molar-refractivity contribution is 4.96. The van der Waals surface area contributed by atoms with Gasteiger partial charge in [-0.3, -0.25) is 0 Å². The van der Waals surface area contributed by atoms with Crippen molar-refractivity contribution >= 4 is 0 Å². The Kier molecular flexibility index (Phi) is 2.00. The number of rotatable bonds is 1. The summed E-state index contributed by atoms with van der Waals surface area (Å²) in [5.74, 6) is -3.98. The van der Waals surface area contributed by atoms with Crippen molar-refractivity contribution in [2.24, 2.45) is 5.41 Å². The molecule has 0 spiro atoms. The lowest BCUT2D eigenvalue weighted by Gasteiger charge is -2.50. The Labute approximate surface area is 71.8 Å². The van der Waals surface area contributed by atoms with E-state index in [1.165, 1.54) is 0 Å². The molecule has 1 heterocycles. The van der Waals surface area contributed by atoms with E-state index < -0.39 is 17.0 Å². The number of aliphatic hydroxyl groups is 3. The zero-order valence-electron chi connectivity index (χ0n) is 7.66. The Balaban J connectivity index is 2.84. The molecule has 3 N–H and O–H groups in total. The van der Waals surface area contributed by atoms with E-state index in [2.05, 4.69) is 0 Å². The van der Waals surface area contributed by atoms with Gasteiger partial charge in [-0.15, -0.1) is 0 Å². The first kappa shape index (κ1) is 9.92. The van der Waals surface area contributed by atoms with Crippen molar-refractivity contribution in [2.45, 2.75) is 38.8 Å². The smallest absolute Gasteiger partial charge is 0.223 e. The monoisotopic (exact) mass is 176 g/mol. The molecule has 1 atom stereocenters. The van der Waals surface area contributed by atoms with Gasteiger partial charge >= 0.3 is 0 Å². The van der Waals surface area contributed by atoms with Crippen molar-refractivity contribution in [2.75, 3.05) is 6.61 Å². The van der Waals surface area contributed by atoms with Crippen LogP contribution in [0.3, 0.4) is 0 Å². The van der Waals surface area contributed by atoms with E-state index in [1.807, 2.05) is 0 Å². The minimum absolute atomic E-state index is 0.261. The van der Waals surface area contributed by atoms with E-state index in [9.17, 15) is 15.3 Å². The number of hydrogen-bond donors (Lipinski definition) is 3. The summed E-state index contributed by atoms with van der Waals surface area (Å²) in [4.78, 5) is 0. The standard InChI is InChI=1S/C8H16O4/c1-6(2,3)8(10,11)7(9)4-5-12-7/h9-11H,4-5H2,1-3H3. The van der Waals surface area contributed by atoms with Crippen molar-refractivity contribution in [3.05, 3.63) is 0 Å². The van der Waals surface area contributed by atoms with Gasteiger partial charge in [0.25, 0.3) is 0 Å². The Morgan fingerprint density at radius 3 is 1.75 bits per heavy atom. The first-order valence-electron chi connectivity index (χ1n) is 4.02. The summed E-state index contributed by atoms with van der Waals surface area (Å²) in [5.41, 5.74) is -0.831. The fraction of sp³-hybridized carbons (Fsp3) is 1.00. The third-order valence-electron chi connectivity index (χ3n) is 2.37.